The van der Waals surface area contributed by atoms with Crippen molar-refractivity contribution in [3.63, 3.8) is 0 Å². The molecule has 0 aliphatic carbocycles. The molecule has 526 valence electrons. The van der Waals surface area contributed by atoms with Crippen molar-refractivity contribution in [1.82, 2.24) is 5.32 Å². The standard InChI is InChI=1S/C78H131NO13/c1-3-5-7-9-11-13-15-17-19-21-23-25-26-27-28-29-30-31-32-33-34-35-36-37-38-39-40-42-44-46-48-50-52-54-56-58-60-62-70(83)79-66(67(82)61-59-57-55-53-51-49-47-45-43-41-24-22-20-18-16-14-12-10-8-6-4-2)65-89-77-75(88)73(86)76(69(64-81)91-77)92-78-74(87)72(85)71(84)68(63-80)90-78/h5,7,11,13,17,19,23,25,27-28,30-31,33-34,36-37,39-40,44,46,59,61,66-69,71-78,80-82,84-88H,3-4,6,8-10,12,14-16,18,20-22,24,26,29,32,35,38,41-43,45,47-58,60,62-65H2,1-2H3,(H,79,83)/b7-5-,13-11-,19-17-,25-23-,28-27-,31-30-,34-33-,37-36-,40-39-,46-44-,61-59+. The Labute approximate surface area is 558 Å². The number of nitrogens with one attached hydrogen (secondary N) is 1. The lowest BCUT2D eigenvalue weighted by Crippen LogP contribution is -2.65. The van der Waals surface area contributed by atoms with Gasteiger partial charge in [0.2, 0.25) is 5.91 Å². The second-order valence-electron chi connectivity index (χ2n) is 25.0. The number of ether oxygens (including phenoxy) is 4. The molecule has 0 spiro atoms. The van der Waals surface area contributed by atoms with Crippen molar-refractivity contribution in [2.45, 2.75) is 331 Å². The minimum Gasteiger partial charge on any atom is -0.394 e. The van der Waals surface area contributed by atoms with E-state index in [0.29, 0.717) is 6.42 Å². The zero-order valence-electron chi connectivity index (χ0n) is 57.2. The molecule has 0 aromatic carbocycles. The normalized spacial score (nSPS) is 23.5. The number of allylic oxidation sites excluding steroid dienone is 21. The van der Waals surface area contributed by atoms with E-state index >= 15 is 0 Å². The maximum atomic E-state index is 13.3. The fourth-order valence-corrected chi connectivity index (χ4v) is 11.1. The summed E-state index contributed by atoms with van der Waals surface area (Å²) in [4.78, 5) is 13.3. The summed E-state index contributed by atoms with van der Waals surface area (Å²) in [6.07, 6.45) is 73.5. The van der Waals surface area contributed by atoms with Crippen LogP contribution in [0.15, 0.2) is 134 Å². The first-order chi connectivity index (χ1) is 45.1. The van der Waals surface area contributed by atoms with Gasteiger partial charge >= 0.3 is 0 Å². The number of hydrogen-bond acceptors (Lipinski definition) is 13. The monoisotopic (exact) mass is 1290 g/mol. The molecule has 14 nitrogen and oxygen atoms in total. The maximum absolute atomic E-state index is 13.3. The van der Waals surface area contributed by atoms with Crippen molar-refractivity contribution in [1.29, 1.82) is 0 Å². The van der Waals surface area contributed by atoms with E-state index in [1.165, 1.54) is 109 Å². The van der Waals surface area contributed by atoms with Crippen LogP contribution in [0.25, 0.3) is 0 Å². The molecule has 2 aliphatic rings. The topological polar surface area (TPSA) is 228 Å². The van der Waals surface area contributed by atoms with E-state index in [4.69, 9.17) is 18.9 Å². The molecule has 1 amide bonds. The predicted molar refractivity (Wildman–Crippen MR) is 378 cm³/mol. The molecule has 0 aromatic rings. The van der Waals surface area contributed by atoms with Crippen LogP contribution in [0, 0.1) is 0 Å². The van der Waals surface area contributed by atoms with Crippen LogP contribution in [0.1, 0.15) is 258 Å². The second kappa shape index (κ2) is 60.8. The van der Waals surface area contributed by atoms with E-state index < -0.39 is 86.8 Å². The summed E-state index contributed by atoms with van der Waals surface area (Å²) in [5, 5.41) is 87.5. The number of carbonyl (C=O) groups excluding carboxylic acids is 1. The van der Waals surface area contributed by atoms with Gasteiger partial charge in [0.25, 0.3) is 0 Å². The molecule has 0 radical (unpaired) electrons. The number of amides is 1. The quantitative estimate of drug-likeness (QED) is 0.0204. The molecule has 2 fully saturated rings. The summed E-state index contributed by atoms with van der Waals surface area (Å²) < 4.78 is 22.9. The average Bonchev–Trinajstić information content (AvgIpc) is 0.915. The lowest BCUT2D eigenvalue weighted by molar-refractivity contribution is -0.359. The Morgan fingerprint density at radius 3 is 1.15 bits per heavy atom. The van der Waals surface area contributed by atoms with Gasteiger partial charge in [0, 0.05) is 6.42 Å². The first kappa shape index (κ1) is 84.2. The molecule has 92 heavy (non-hydrogen) atoms. The molecule has 2 aliphatic heterocycles. The van der Waals surface area contributed by atoms with Crippen LogP contribution >= 0.6 is 0 Å². The molecule has 9 N–H and O–H groups in total. The molecular weight excluding hydrogens is 1160 g/mol. The molecule has 0 saturated carbocycles. The summed E-state index contributed by atoms with van der Waals surface area (Å²) >= 11 is 0. The minimum absolute atomic E-state index is 0.256. The molecule has 0 aromatic heterocycles. The van der Waals surface area contributed by atoms with Crippen molar-refractivity contribution in [3.8, 4) is 0 Å². The summed E-state index contributed by atoms with van der Waals surface area (Å²) in [6.45, 7) is 2.69. The Hall–Kier alpha value is -3.87. The summed E-state index contributed by atoms with van der Waals surface area (Å²) in [5.74, 6) is -0.257. The van der Waals surface area contributed by atoms with Crippen LogP contribution in [0.2, 0.25) is 0 Å². The van der Waals surface area contributed by atoms with E-state index in [1.807, 2.05) is 6.08 Å². The van der Waals surface area contributed by atoms with E-state index in [2.05, 4.69) is 141 Å². The minimum atomic E-state index is -1.80. The van der Waals surface area contributed by atoms with Gasteiger partial charge in [-0.1, -0.05) is 289 Å². The summed E-state index contributed by atoms with van der Waals surface area (Å²) in [7, 11) is 0. The highest BCUT2D eigenvalue weighted by molar-refractivity contribution is 5.76. The average molecular weight is 1290 g/mol. The van der Waals surface area contributed by atoms with Gasteiger partial charge in [-0.05, 0) is 96.3 Å². The van der Waals surface area contributed by atoms with Crippen LogP contribution in [0.4, 0.5) is 0 Å². The van der Waals surface area contributed by atoms with Gasteiger partial charge in [-0.25, -0.2) is 0 Å². The maximum Gasteiger partial charge on any atom is 0.220 e. The smallest absolute Gasteiger partial charge is 0.220 e. The van der Waals surface area contributed by atoms with Crippen molar-refractivity contribution < 1.29 is 64.6 Å². The lowest BCUT2D eigenvalue weighted by Gasteiger charge is -2.46. The van der Waals surface area contributed by atoms with Gasteiger partial charge in [0.1, 0.15) is 48.8 Å². The van der Waals surface area contributed by atoms with Crippen LogP contribution < -0.4 is 5.32 Å². The number of rotatable bonds is 58. The van der Waals surface area contributed by atoms with Crippen molar-refractivity contribution in [2.75, 3.05) is 19.8 Å². The number of unbranched alkanes of at least 4 members (excludes halogenated alkanes) is 25. The van der Waals surface area contributed by atoms with E-state index in [0.717, 1.165) is 122 Å². The predicted octanol–water partition coefficient (Wildman–Crippen LogP) is 15.5. The van der Waals surface area contributed by atoms with Gasteiger partial charge in [-0.3, -0.25) is 4.79 Å². The van der Waals surface area contributed by atoms with E-state index in [9.17, 15) is 45.6 Å². The number of aliphatic hydroxyl groups is 8. The third-order valence-corrected chi connectivity index (χ3v) is 16.8. The Morgan fingerprint density at radius 2 is 0.750 bits per heavy atom. The van der Waals surface area contributed by atoms with Crippen molar-refractivity contribution in [2.24, 2.45) is 0 Å². The molecule has 2 rings (SSSR count). The highest BCUT2D eigenvalue weighted by Gasteiger charge is 2.51. The fourth-order valence-electron chi connectivity index (χ4n) is 11.1. The van der Waals surface area contributed by atoms with Crippen LogP contribution in [-0.4, -0.2) is 140 Å². The van der Waals surface area contributed by atoms with Gasteiger partial charge in [-0.2, -0.15) is 0 Å². The van der Waals surface area contributed by atoms with E-state index in [1.54, 1.807) is 6.08 Å². The second-order valence-corrected chi connectivity index (χ2v) is 25.0. The molecular formula is C78H131NO13. The Kier molecular flexibility index (Phi) is 55.6. The third-order valence-electron chi connectivity index (χ3n) is 16.8. The number of hydrogen-bond donors (Lipinski definition) is 9. The Morgan fingerprint density at radius 1 is 0.402 bits per heavy atom. The Balaban J connectivity index is 1.68. The van der Waals surface area contributed by atoms with Gasteiger partial charge < -0.3 is 65.1 Å². The van der Waals surface area contributed by atoms with Gasteiger partial charge in [-0.15, -0.1) is 0 Å². The van der Waals surface area contributed by atoms with Crippen molar-refractivity contribution in [3.05, 3.63) is 134 Å². The first-order valence-electron chi connectivity index (χ1n) is 36.4. The molecule has 2 saturated heterocycles. The molecule has 12 unspecified atom stereocenters. The van der Waals surface area contributed by atoms with Crippen LogP contribution in [0.3, 0.4) is 0 Å². The number of aliphatic hydroxyl groups excluding tert-OH is 8. The first-order valence-corrected chi connectivity index (χ1v) is 36.4. The van der Waals surface area contributed by atoms with Crippen LogP contribution in [-0.2, 0) is 23.7 Å². The van der Waals surface area contributed by atoms with Gasteiger partial charge in [0.05, 0.1) is 32.0 Å². The van der Waals surface area contributed by atoms with Crippen molar-refractivity contribution >= 4 is 5.91 Å². The molecule has 2 heterocycles. The highest BCUT2D eigenvalue weighted by Crippen LogP contribution is 2.30. The zero-order valence-corrected chi connectivity index (χ0v) is 57.2. The fraction of sp³-hybridized carbons (Fsp3) is 0.705. The number of carbonyl (C=O) groups is 1. The summed E-state index contributed by atoms with van der Waals surface area (Å²) in [6, 6.07) is -0.934. The zero-order chi connectivity index (χ0) is 66.6. The molecule has 12 atom stereocenters. The Bertz CT molecular complexity index is 2060. The SMILES string of the molecule is CC/C=C\C/C=C\C/C=C\C/C=C\C/C=C\C/C=C\C/C=C\C/C=C\C/C=C\C/C=C\CCCCCCCCC(=O)NC(COC1OC(CO)C(OC2OC(CO)C(O)C(O)C2O)C(O)C1O)C(O)/C=C/CCCCCCCCCCCCCCCCCCCCC. The summed E-state index contributed by atoms with van der Waals surface area (Å²) in [5.41, 5.74) is 0. The van der Waals surface area contributed by atoms with E-state index in [-0.39, 0.29) is 18.9 Å². The van der Waals surface area contributed by atoms with Gasteiger partial charge in [0.15, 0.2) is 12.6 Å². The molecule has 14 heteroatoms. The van der Waals surface area contributed by atoms with Crippen LogP contribution in [0.5, 0.6) is 0 Å². The molecule has 0 bridgehead atoms. The largest absolute Gasteiger partial charge is 0.394 e. The lowest BCUT2D eigenvalue weighted by atomic mass is 9.97. The third kappa shape index (κ3) is 44.0. The highest BCUT2D eigenvalue weighted by atomic mass is 16.7.